The quantitative estimate of drug-likeness (QED) is 0.711. The van der Waals surface area contributed by atoms with Gasteiger partial charge in [-0.3, -0.25) is 0 Å². The van der Waals surface area contributed by atoms with Crippen molar-refractivity contribution in [1.82, 2.24) is 10.2 Å². The summed E-state index contributed by atoms with van der Waals surface area (Å²) in [5, 5.41) is 11.6. The van der Waals surface area contributed by atoms with Crippen LogP contribution in [0.15, 0.2) is 16.7 Å². The summed E-state index contributed by atoms with van der Waals surface area (Å²) >= 11 is 0. The Balaban J connectivity index is 2.52. The van der Waals surface area contributed by atoms with E-state index in [1.54, 1.807) is 26.5 Å². The molecule has 7 nitrogen and oxygen atoms in total. The van der Waals surface area contributed by atoms with Crippen molar-refractivity contribution in [3.05, 3.63) is 23.7 Å². The zero-order valence-electron chi connectivity index (χ0n) is 12.6. The number of rotatable bonds is 8. The minimum atomic E-state index is -1.05. The van der Waals surface area contributed by atoms with E-state index in [9.17, 15) is 9.59 Å². The van der Waals surface area contributed by atoms with E-state index in [1.807, 2.05) is 6.92 Å². The molecule has 1 aromatic rings. The number of hydrogen-bond acceptors (Lipinski definition) is 4. The lowest BCUT2D eigenvalue weighted by atomic mass is 10.1. The topological polar surface area (TPSA) is 92.0 Å². The third-order valence-electron chi connectivity index (χ3n) is 3.16. The molecule has 1 unspecified atom stereocenters. The van der Waals surface area contributed by atoms with Gasteiger partial charge in [0.15, 0.2) is 0 Å². The molecular weight excluding hydrogens is 276 g/mol. The molecule has 118 valence electrons. The summed E-state index contributed by atoms with van der Waals surface area (Å²) in [6.45, 7) is 2.63. The van der Waals surface area contributed by atoms with E-state index in [-0.39, 0.29) is 0 Å². The first-order valence-electron chi connectivity index (χ1n) is 6.72. The first-order chi connectivity index (χ1) is 9.95. The number of urea groups is 1. The number of amides is 2. The molecule has 2 N–H and O–H groups in total. The van der Waals surface area contributed by atoms with Crippen LogP contribution in [0.2, 0.25) is 0 Å². The lowest BCUT2D eigenvalue weighted by Crippen LogP contribution is -2.46. The molecule has 0 spiro atoms. The maximum atomic E-state index is 12.0. The van der Waals surface area contributed by atoms with Crippen LogP contribution in [-0.2, 0) is 16.1 Å². The zero-order valence-corrected chi connectivity index (χ0v) is 12.6. The standard InChI is InChI=1S/C14H22N2O5/c1-10-11(6-8-21-10)9-16(2)14(19)15-12(13(17)18)5-4-7-20-3/h6,8,12H,4-5,7,9H2,1-3H3,(H,15,19)(H,17,18). The van der Waals surface area contributed by atoms with Crippen molar-refractivity contribution in [3.63, 3.8) is 0 Å². The fourth-order valence-corrected chi connectivity index (χ4v) is 1.85. The van der Waals surface area contributed by atoms with Gasteiger partial charge in [-0.2, -0.15) is 0 Å². The average Bonchev–Trinajstić information content (AvgIpc) is 2.83. The number of ether oxygens (including phenoxy) is 1. The SMILES string of the molecule is COCCCC(NC(=O)N(C)Cc1ccoc1C)C(=O)O. The van der Waals surface area contributed by atoms with E-state index in [4.69, 9.17) is 14.3 Å². The highest BCUT2D eigenvalue weighted by molar-refractivity contribution is 5.82. The van der Waals surface area contributed by atoms with Gasteiger partial charge >= 0.3 is 12.0 Å². The van der Waals surface area contributed by atoms with Gasteiger partial charge < -0.3 is 24.5 Å². The minimum Gasteiger partial charge on any atom is -0.480 e. The second kappa shape index (κ2) is 8.31. The van der Waals surface area contributed by atoms with Crippen molar-refractivity contribution in [2.45, 2.75) is 32.4 Å². The summed E-state index contributed by atoms with van der Waals surface area (Å²) in [4.78, 5) is 24.6. The van der Waals surface area contributed by atoms with E-state index >= 15 is 0 Å². The lowest BCUT2D eigenvalue weighted by molar-refractivity contribution is -0.139. The van der Waals surface area contributed by atoms with Crippen LogP contribution in [0.1, 0.15) is 24.2 Å². The predicted molar refractivity (Wildman–Crippen MR) is 76.0 cm³/mol. The van der Waals surface area contributed by atoms with Crippen molar-refractivity contribution in [1.29, 1.82) is 0 Å². The fraction of sp³-hybridized carbons (Fsp3) is 0.571. The Morgan fingerprint density at radius 3 is 2.76 bits per heavy atom. The van der Waals surface area contributed by atoms with E-state index in [0.717, 1.165) is 11.3 Å². The third-order valence-corrected chi connectivity index (χ3v) is 3.16. The van der Waals surface area contributed by atoms with Crippen molar-refractivity contribution in [2.24, 2.45) is 0 Å². The molecule has 1 aromatic heterocycles. The molecule has 7 heteroatoms. The van der Waals surface area contributed by atoms with Gasteiger partial charge in [-0.05, 0) is 25.8 Å². The molecule has 0 aliphatic carbocycles. The molecule has 0 bridgehead atoms. The number of nitrogens with zero attached hydrogens (tertiary/aromatic N) is 1. The number of furan rings is 1. The van der Waals surface area contributed by atoms with Gasteiger partial charge in [0.1, 0.15) is 11.8 Å². The van der Waals surface area contributed by atoms with Crippen LogP contribution in [0.25, 0.3) is 0 Å². The molecule has 1 atom stereocenters. The summed E-state index contributed by atoms with van der Waals surface area (Å²) in [6.07, 6.45) is 2.45. The van der Waals surface area contributed by atoms with Crippen LogP contribution in [0.3, 0.4) is 0 Å². The normalized spacial score (nSPS) is 12.0. The molecule has 1 rings (SSSR count). The van der Waals surface area contributed by atoms with Crippen LogP contribution in [-0.4, -0.2) is 48.8 Å². The Morgan fingerprint density at radius 1 is 1.52 bits per heavy atom. The molecule has 2 amide bonds. The molecule has 1 heterocycles. The largest absolute Gasteiger partial charge is 0.480 e. The highest BCUT2D eigenvalue weighted by Crippen LogP contribution is 2.11. The Kier molecular flexibility index (Phi) is 6.74. The Morgan fingerprint density at radius 2 is 2.24 bits per heavy atom. The second-order valence-electron chi connectivity index (χ2n) is 4.83. The van der Waals surface area contributed by atoms with E-state index in [2.05, 4.69) is 5.32 Å². The van der Waals surface area contributed by atoms with E-state index < -0.39 is 18.0 Å². The number of hydrogen-bond donors (Lipinski definition) is 2. The summed E-state index contributed by atoms with van der Waals surface area (Å²) in [5.41, 5.74) is 0.888. The van der Waals surface area contributed by atoms with Gasteiger partial charge in [0.25, 0.3) is 0 Å². The van der Waals surface area contributed by atoms with Crippen LogP contribution >= 0.6 is 0 Å². The molecule has 0 fully saturated rings. The number of carboxylic acid groups (broad SMARTS) is 1. The summed E-state index contributed by atoms with van der Waals surface area (Å²) in [7, 11) is 3.16. The Labute approximate surface area is 123 Å². The molecular formula is C14H22N2O5. The average molecular weight is 298 g/mol. The fourth-order valence-electron chi connectivity index (χ4n) is 1.85. The van der Waals surface area contributed by atoms with Gasteiger partial charge in [-0.15, -0.1) is 0 Å². The lowest BCUT2D eigenvalue weighted by Gasteiger charge is -2.21. The first-order valence-corrected chi connectivity index (χ1v) is 6.72. The Hall–Kier alpha value is -2.02. The highest BCUT2D eigenvalue weighted by Gasteiger charge is 2.21. The maximum Gasteiger partial charge on any atom is 0.326 e. The van der Waals surface area contributed by atoms with Crippen LogP contribution in [0.5, 0.6) is 0 Å². The van der Waals surface area contributed by atoms with Crippen molar-refractivity contribution < 1.29 is 23.8 Å². The zero-order chi connectivity index (χ0) is 15.8. The number of carbonyl (C=O) groups is 2. The number of carboxylic acids is 1. The predicted octanol–water partition coefficient (Wildman–Crippen LogP) is 1.61. The summed E-state index contributed by atoms with van der Waals surface area (Å²) in [5.74, 6) is -0.308. The molecule has 0 saturated heterocycles. The van der Waals surface area contributed by atoms with Crippen molar-refractivity contribution in [3.8, 4) is 0 Å². The van der Waals surface area contributed by atoms with Gasteiger partial charge in [-0.25, -0.2) is 9.59 Å². The van der Waals surface area contributed by atoms with Gasteiger partial charge in [0, 0.05) is 26.3 Å². The number of nitrogens with one attached hydrogen (secondary N) is 1. The minimum absolute atomic E-state index is 0.327. The number of aliphatic carboxylic acids is 1. The number of methoxy groups -OCH3 is 1. The molecule has 0 saturated carbocycles. The monoisotopic (exact) mass is 298 g/mol. The van der Waals surface area contributed by atoms with Gasteiger partial charge in [0.2, 0.25) is 0 Å². The van der Waals surface area contributed by atoms with Crippen LogP contribution in [0.4, 0.5) is 4.79 Å². The molecule has 0 aliphatic heterocycles. The molecule has 0 radical (unpaired) electrons. The molecule has 0 aromatic carbocycles. The van der Waals surface area contributed by atoms with Crippen molar-refractivity contribution in [2.75, 3.05) is 20.8 Å². The smallest absolute Gasteiger partial charge is 0.326 e. The van der Waals surface area contributed by atoms with Crippen LogP contribution in [0, 0.1) is 6.92 Å². The number of carbonyl (C=O) groups excluding carboxylic acids is 1. The van der Waals surface area contributed by atoms with Crippen LogP contribution < -0.4 is 5.32 Å². The highest BCUT2D eigenvalue weighted by atomic mass is 16.5. The number of aryl methyl sites for hydroxylation is 1. The summed E-state index contributed by atoms with van der Waals surface area (Å²) < 4.78 is 10.0. The molecule has 21 heavy (non-hydrogen) atoms. The van der Waals surface area contributed by atoms with E-state index in [0.29, 0.717) is 26.0 Å². The maximum absolute atomic E-state index is 12.0. The first kappa shape index (κ1) is 17.0. The second-order valence-corrected chi connectivity index (χ2v) is 4.83. The van der Waals surface area contributed by atoms with E-state index in [1.165, 1.54) is 4.90 Å². The third kappa shape index (κ3) is 5.47. The summed E-state index contributed by atoms with van der Waals surface area (Å²) in [6, 6.07) is 0.438. The van der Waals surface area contributed by atoms with Gasteiger partial charge in [0.05, 0.1) is 12.8 Å². The van der Waals surface area contributed by atoms with Gasteiger partial charge in [-0.1, -0.05) is 0 Å². The van der Waals surface area contributed by atoms with Crippen molar-refractivity contribution >= 4 is 12.0 Å². The Bertz CT molecular complexity index is 472. The molecule has 0 aliphatic rings.